The van der Waals surface area contributed by atoms with Crippen LogP contribution in [0, 0.1) is 32.6 Å². The fraction of sp³-hybridized carbons (Fsp3) is 0.643. The summed E-state index contributed by atoms with van der Waals surface area (Å²) < 4.78 is 0. The quantitative estimate of drug-likeness (QED) is 0.742. The molecule has 2 unspecified atom stereocenters. The molecule has 2 saturated heterocycles. The van der Waals surface area contributed by atoms with Gasteiger partial charge in [-0.05, 0) is 26.3 Å². The summed E-state index contributed by atoms with van der Waals surface area (Å²) in [6, 6.07) is 0. The molecule has 2 aliphatic rings. The third-order valence-corrected chi connectivity index (χ3v) is 4.57. The van der Waals surface area contributed by atoms with Gasteiger partial charge in [-0.15, -0.1) is 0 Å². The highest BCUT2D eigenvalue weighted by Crippen LogP contribution is 2.32. The minimum absolute atomic E-state index is 0.579. The van der Waals surface area contributed by atoms with Crippen molar-refractivity contribution in [2.24, 2.45) is 11.8 Å². The summed E-state index contributed by atoms with van der Waals surface area (Å²) in [5.74, 6) is 2.01. The first-order valence-electron chi connectivity index (χ1n) is 6.84. The Morgan fingerprint density at radius 1 is 1.00 bits per heavy atom. The number of aromatic nitrogens is 2. The minimum atomic E-state index is 0.579. The molecule has 0 spiro atoms. The molecular weight excluding hydrogens is 240 g/mol. The Balaban J connectivity index is 1.78. The summed E-state index contributed by atoms with van der Waals surface area (Å²) >= 11 is 0. The van der Waals surface area contributed by atoms with Gasteiger partial charge in [-0.25, -0.2) is 9.97 Å². The number of nitrogens with zero attached hydrogens (tertiary/aromatic N) is 4. The van der Waals surface area contributed by atoms with Crippen molar-refractivity contribution in [1.29, 1.82) is 0 Å². The van der Waals surface area contributed by atoms with Crippen LogP contribution < -0.4 is 4.90 Å². The molecule has 3 rings (SSSR count). The van der Waals surface area contributed by atoms with E-state index < -0.39 is 0 Å². The van der Waals surface area contributed by atoms with Crippen molar-refractivity contribution in [2.45, 2.75) is 20.8 Å². The summed E-state index contributed by atoms with van der Waals surface area (Å²) in [6.45, 7) is 9.85. The predicted octanol–water partition coefficient (Wildman–Crippen LogP) is 0.926. The highest BCUT2D eigenvalue weighted by molar-refractivity contribution is 5.48. The number of carbonyl (C=O) groups is 1. The van der Waals surface area contributed by atoms with Gasteiger partial charge >= 0.3 is 0 Å². The number of carbonyl (C=O) groups excluding carboxylic acids is 1. The van der Waals surface area contributed by atoms with E-state index in [2.05, 4.69) is 21.8 Å². The van der Waals surface area contributed by atoms with Crippen LogP contribution in [0.5, 0.6) is 0 Å². The Bertz CT molecular complexity index is 479. The second-order valence-corrected chi connectivity index (χ2v) is 5.80. The lowest BCUT2D eigenvalue weighted by molar-refractivity contribution is -0.117. The van der Waals surface area contributed by atoms with Crippen LogP contribution in [0.3, 0.4) is 0 Å². The zero-order chi connectivity index (χ0) is 13.6. The maximum absolute atomic E-state index is 10.8. The number of amides is 1. The number of fused-ring (bicyclic) bond motifs is 1. The Labute approximate surface area is 113 Å². The van der Waals surface area contributed by atoms with Crippen molar-refractivity contribution in [3.05, 3.63) is 17.0 Å². The summed E-state index contributed by atoms with van der Waals surface area (Å²) in [6.07, 6.45) is 0.972. The van der Waals surface area contributed by atoms with Crippen molar-refractivity contribution in [2.75, 3.05) is 31.1 Å². The van der Waals surface area contributed by atoms with Crippen molar-refractivity contribution in [3.63, 3.8) is 0 Å². The number of likely N-dealkylation sites (tertiary alicyclic amines) is 1. The van der Waals surface area contributed by atoms with E-state index in [1.54, 1.807) is 0 Å². The van der Waals surface area contributed by atoms with Crippen LogP contribution in [0.15, 0.2) is 0 Å². The van der Waals surface area contributed by atoms with Crippen LogP contribution in [0.1, 0.15) is 17.0 Å². The van der Waals surface area contributed by atoms with Gasteiger partial charge in [0.1, 0.15) is 0 Å². The molecule has 102 valence electrons. The van der Waals surface area contributed by atoms with E-state index in [4.69, 9.17) is 0 Å². The molecule has 19 heavy (non-hydrogen) atoms. The van der Waals surface area contributed by atoms with Gasteiger partial charge in [0.2, 0.25) is 12.4 Å². The maximum atomic E-state index is 10.8. The standard InChI is InChI=1S/C14H20N4O/c1-9-10(2)15-14(16-11(9)3)18-6-12-4-17(8-19)5-13(12)7-18/h8,12-13H,4-7H2,1-3H3. The van der Waals surface area contributed by atoms with Crippen LogP contribution in [-0.2, 0) is 4.79 Å². The molecule has 5 heteroatoms. The maximum Gasteiger partial charge on any atom is 0.225 e. The van der Waals surface area contributed by atoms with Gasteiger partial charge in [-0.3, -0.25) is 4.79 Å². The second kappa shape index (κ2) is 4.47. The van der Waals surface area contributed by atoms with Crippen molar-refractivity contribution >= 4 is 12.4 Å². The average Bonchev–Trinajstić information content (AvgIpc) is 2.92. The molecule has 1 aromatic rings. The summed E-state index contributed by atoms with van der Waals surface area (Å²) in [5, 5.41) is 0. The molecule has 2 fully saturated rings. The molecule has 0 radical (unpaired) electrons. The van der Waals surface area contributed by atoms with E-state index in [0.717, 1.165) is 49.9 Å². The number of hydrogen-bond acceptors (Lipinski definition) is 4. The van der Waals surface area contributed by atoms with Crippen LogP contribution >= 0.6 is 0 Å². The topological polar surface area (TPSA) is 49.3 Å². The molecule has 0 aliphatic carbocycles. The molecule has 2 aliphatic heterocycles. The molecule has 2 atom stereocenters. The lowest BCUT2D eigenvalue weighted by Gasteiger charge is -2.20. The lowest BCUT2D eigenvalue weighted by atomic mass is 10.0. The van der Waals surface area contributed by atoms with Crippen molar-refractivity contribution in [3.8, 4) is 0 Å². The number of rotatable bonds is 2. The van der Waals surface area contributed by atoms with Gasteiger partial charge in [0.25, 0.3) is 0 Å². The molecule has 0 saturated carbocycles. The fourth-order valence-electron chi connectivity index (χ4n) is 3.17. The Morgan fingerprint density at radius 2 is 1.53 bits per heavy atom. The van der Waals surface area contributed by atoms with Crippen molar-refractivity contribution < 1.29 is 4.79 Å². The normalized spacial score (nSPS) is 25.8. The third kappa shape index (κ3) is 2.07. The van der Waals surface area contributed by atoms with E-state index in [1.807, 2.05) is 18.7 Å². The van der Waals surface area contributed by atoms with E-state index in [1.165, 1.54) is 5.56 Å². The predicted molar refractivity (Wildman–Crippen MR) is 73.1 cm³/mol. The molecule has 1 aromatic heterocycles. The zero-order valence-corrected chi connectivity index (χ0v) is 11.8. The van der Waals surface area contributed by atoms with Crippen molar-refractivity contribution in [1.82, 2.24) is 14.9 Å². The molecule has 5 nitrogen and oxygen atoms in total. The first-order valence-corrected chi connectivity index (χ1v) is 6.84. The zero-order valence-electron chi connectivity index (χ0n) is 11.8. The minimum Gasteiger partial charge on any atom is -0.345 e. The van der Waals surface area contributed by atoms with E-state index in [0.29, 0.717) is 11.8 Å². The smallest absolute Gasteiger partial charge is 0.225 e. The lowest BCUT2D eigenvalue weighted by Crippen LogP contribution is -2.29. The summed E-state index contributed by atoms with van der Waals surface area (Å²) in [4.78, 5) is 24.2. The number of aryl methyl sites for hydroxylation is 2. The molecular formula is C14H20N4O. The average molecular weight is 260 g/mol. The van der Waals surface area contributed by atoms with Gasteiger partial charge in [0, 0.05) is 49.4 Å². The van der Waals surface area contributed by atoms with Gasteiger partial charge in [0.05, 0.1) is 0 Å². The monoisotopic (exact) mass is 260 g/mol. The molecule has 1 amide bonds. The first-order chi connectivity index (χ1) is 9.08. The first kappa shape index (κ1) is 12.4. The van der Waals surface area contributed by atoms with Gasteiger partial charge in [0.15, 0.2) is 0 Å². The molecule has 3 heterocycles. The molecule has 0 aromatic carbocycles. The van der Waals surface area contributed by atoms with E-state index >= 15 is 0 Å². The SMILES string of the molecule is Cc1nc(N2CC3CN(C=O)CC3C2)nc(C)c1C. The Morgan fingerprint density at radius 3 is 2.00 bits per heavy atom. The third-order valence-electron chi connectivity index (χ3n) is 4.57. The van der Waals surface area contributed by atoms with E-state index in [9.17, 15) is 4.79 Å². The Hall–Kier alpha value is -1.65. The van der Waals surface area contributed by atoms with E-state index in [-0.39, 0.29) is 0 Å². The van der Waals surface area contributed by atoms with Gasteiger partial charge < -0.3 is 9.80 Å². The summed E-state index contributed by atoms with van der Waals surface area (Å²) in [5.41, 5.74) is 3.30. The van der Waals surface area contributed by atoms with Gasteiger partial charge in [-0.2, -0.15) is 0 Å². The largest absolute Gasteiger partial charge is 0.345 e. The van der Waals surface area contributed by atoms with Crippen LogP contribution in [-0.4, -0.2) is 47.5 Å². The molecule has 0 N–H and O–H groups in total. The highest BCUT2D eigenvalue weighted by Gasteiger charge is 2.40. The number of anilines is 1. The molecule has 0 bridgehead atoms. The van der Waals surface area contributed by atoms with Gasteiger partial charge in [-0.1, -0.05) is 0 Å². The fourth-order valence-corrected chi connectivity index (χ4v) is 3.17. The highest BCUT2D eigenvalue weighted by atomic mass is 16.1. The van der Waals surface area contributed by atoms with Crippen LogP contribution in [0.25, 0.3) is 0 Å². The van der Waals surface area contributed by atoms with Crippen LogP contribution in [0.2, 0.25) is 0 Å². The van der Waals surface area contributed by atoms with Crippen LogP contribution in [0.4, 0.5) is 5.95 Å². The number of hydrogen-bond donors (Lipinski definition) is 0. The second-order valence-electron chi connectivity index (χ2n) is 5.80. The summed E-state index contributed by atoms with van der Waals surface area (Å²) in [7, 11) is 0. The Kier molecular flexibility index (Phi) is 2.92.